The smallest absolute Gasteiger partial charge is 0.416 e. The van der Waals surface area contributed by atoms with Crippen LogP contribution in [0.3, 0.4) is 0 Å². The zero-order valence-corrected chi connectivity index (χ0v) is 12.2. The number of nitrogens with zero attached hydrogens (tertiary/aromatic N) is 1. The number of carbonyl (C=O) groups is 1. The summed E-state index contributed by atoms with van der Waals surface area (Å²) in [6.07, 6.45) is -3.49. The lowest BCUT2D eigenvalue weighted by Crippen LogP contribution is -2.47. The van der Waals surface area contributed by atoms with E-state index in [4.69, 9.17) is 5.11 Å². The first-order chi connectivity index (χ1) is 10.1. The number of hydrogen-bond acceptors (Lipinski definition) is 3. The molecule has 1 aliphatic heterocycles. The Kier molecular flexibility index (Phi) is 4.48. The minimum Gasteiger partial charge on any atom is -0.480 e. The number of carboxylic acid groups (broad SMARTS) is 1. The van der Waals surface area contributed by atoms with E-state index in [1.807, 2.05) is 0 Å². The Morgan fingerprint density at radius 1 is 1.27 bits per heavy atom. The molecule has 1 atom stereocenters. The molecular formula is C13H14F3NO4S. The largest absolute Gasteiger partial charge is 0.480 e. The molecule has 1 aromatic rings. The van der Waals surface area contributed by atoms with Gasteiger partial charge in [-0.1, -0.05) is 6.07 Å². The number of halogens is 3. The number of sulfonamides is 1. The van der Waals surface area contributed by atoms with Gasteiger partial charge < -0.3 is 5.11 Å². The number of aliphatic carboxylic acids is 1. The number of hydrogen-bond donors (Lipinski definition) is 1. The van der Waals surface area contributed by atoms with Crippen molar-refractivity contribution in [2.24, 2.45) is 0 Å². The number of carboxylic acids is 1. The van der Waals surface area contributed by atoms with Gasteiger partial charge in [-0.15, -0.1) is 0 Å². The molecule has 1 aromatic carbocycles. The summed E-state index contributed by atoms with van der Waals surface area (Å²) in [6.45, 7) is -0.0183. The summed E-state index contributed by atoms with van der Waals surface area (Å²) >= 11 is 0. The van der Waals surface area contributed by atoms with Crippen molar-refractivity contribution < 1.29 is 31.5 Å². The molecule has 0 spiro atoms. The lowest BCUT2D eigenvalue weighted by atomic mass is 10.1. The van der Waals surface area contributed by atoms with E-state index in [1.165, 1.54) is 0 Å². The monoisotopic (exact) mass is 337 g/mol. The van der Waals surface area contributed by atoms with Gasteiger partial charge in [0.25, 0.3) is 0 Å². The van der Waals surface area contributed by atoms with E-state index in [0.717, 1.165) is 22.5 Å². The first-order valence-electron chi connectivity index (χ1n) is 6.56. The topological polar surface area (TPSA) is 74.7 Å². The van der Waals surface area contributed by atoms with Crippen molar-refractivity contribution in [2.75, 3.05) is 6.54 Å². The maximum Gasteiger partial charge on any atom is 0.416 e. The molecule has 5 nitrogen and oxygen atoms in total. The van der Waals surface area contributed by atoms with Crippen LogP contribution in [0.1, 0.15) is 24.8 Å². The molecule has 0 radical (unpaired) electrons. The van der Waals surface area contributed by atoms with E-state index in [0.29, 0.717) is 18.9 Å². The quantitative estimate of drug-likeness (QED) is 0.919. The maximum atomic E-state index is 12.7. The summed E-state index contributed by atoms with van der Waals surface area (Å²) in [7, 11) is -4.29. The first kappa shape index (κ1) is 16.8. The summed E-state index contributed by atoms with van der Waals surface area (Å²) in [5.41, 5.74) is -1.09. The fraction of sp³-hybridized carbons (Fsp3) is 0.462. The Hall–Kier alpha value is -1.61. The van der Waals surface area contributed by atoms with Crippen LogP contribution in [0.25, 0.3) is 0 Å². The molecule has 0 aliphatic carbocycles. The third-order valence-electron chi connectivity index (χ3n) is 3.51. The minimum atomic E-state index is -4.67. The van der Waals surface area contributed by atoms with Crippen LogP contribution in [0, 0.1) is 0 Å². The van der Waals surface area contributed by atoms with Gasteiger partial charge in [0.05, 0.1) is 10.5 Å². The molecular weight excluding hydrogens is 323 g/mol. The number of benzene rings is 1. The maximum absolute atomic E-state index is 12.7. The lowest BCUT2D eigenvalue weighted by Gasteiger charge is -2.31. The Morgan fingerprint density at radius 2 is 1.95 bits per heavy atom. The van der Waals surface area contributed by atoms with E-state index in [-0.39, 0.29) is 13.0 Å². The van der Waals surface area contributed by atoms with E-state index < -0.39 is 38.7 Å². The van der Waals surface area contributed by atoms with Crippen molar-refractivity contribution in [3.05, 3.63) is 29.8 Å². The number of piperidine rings is 1. The van der Waals surface area contributed by atoms with Crippen LogP contribution in [0.5, 0.6) is 0 Å². The van der Waals surface area contributed by atoms with Gasteiger partial charge in [0.2, 0.25) is 10.0 Å². The molecule has 22 heavy (non-hydrogen) atoms. The fourth-order valence-electron chi connectivity index (χ4n) is 2.41. The summed E-state index contributed by atoms with van der Waals surface area (Å²) < 4.78 is 63.8. The molecule has 1 saturated heterocycles. The van der Waals surface area contributed by atoms with Gasteiger partial charge >= 0.3 is 12.1 Å². The molecule has 1 fully saturated rings. The van der Waals surface area contributed by atoms with Gasteiger partial charge in [-0.05, 0) is 37.5 Å². The first-order valence-corrected chi connectivity index (χ1v) is 8.00. The summed E-state index contributed by atoms with van der Waals surface area (Å²) in [5, 5.41) is 9.12. The predicted molar refractivity (Wildman–Crippen MR) is 70.6 cm³/mol. The van der Waals surface area contributed by atoms with Gasteiger partial charge in [-0.25, -0.2) is 8.42 Å². The Morgan fingerprint density at radius 3 is 2.55 bits per heavy atom. The third-order valence-corrected chi connectivity index (χ3v) is 5.41. The van der Waals surface area contributed by atoms with Gasteiger partial charge in [0.1, 0.15) is 6.04 Å². The van der Waals surface area contributed by atoms with Crippen LogP contribution < -0.4 is 0 Å². The van der Waals surface area contributed by atoms with Gasteiger partial charge in [-0.3, -0.25) is 4.79 Å². The van der Waals surface area contributed by atoms with Crippen LogP contribution in [-0.2, 0) is 21.0 Å². The van der Waals surface area contributed by atoms with Gasteiger partial charge in [-0.2, -0.15) is 17.5 Å². The second kappa shape index (κ2) is 5.88. The van der Waals surface area contributed by atoms with Gasteiger partial charge in [0.15, 0.2) is 0 Å². The molecule has 122 valence electrons. The average Bonchev–Trinajstić information content (AvgIpc) is 2.46. The minimum absolute atomic E-state index is 0.0183. The summed E-state index contributed by atoms with van der Waals surface area (Å²) in [6, 6.07) is 2.09. The average molecular weight is 337 g/mol. The van der Waals surface area contributed by atoms with Gasteiger partial charge in [0, 0.05) is 6.54 Å². The van der Waals surface area contributed by atoms with Crippen molar-refractivity contribution in [1.82, 2.24) is 4.31 Å². The van der Waals surface area contributed by atoms with Crippen LogP contribution in [-0.4, -0.2) is 36.4 Å². The summed E-state index contributed by atoms with van der Waals surface area (Å²) in [5.74, 6) is -1.30. The van der Waals surface area contributed by atoms with Crippen LogP contribution >= 0.6 is 0 Å². The van der Waals surface area contributed by atoms with E-state index in [9.17, 15) is 26.4 Å². The van der Waals surface area contributed by atoms with E-state index in [2.05, 4.69) is 0 Å². The molecule has 9 heteroatoms. The van der Waals surface area contributed by atoms with Crippen molar-refractivity contribution in [1.29, 1.82) is 0 Å². The highest BCUT2D eigenvalue weighted by atomic mass is 32.2. The highest BCUT2D eigenvalue weighted by Gasteiger charge is 2.39. The Bertz CT molecular complexity index is 672. The molecule has 2 rings (SSSR count). The molecule has 0 saturated carbocycles. The van der Waals surface area contributed by atoms with Crippen molar-refractivity contribution >= 4 is 16.0 Å². The summed E-state index contributed by atoms with van der Waals surface area (Å²) in [4.78, 5) is 10.6. The fourth-order valence-corrected chi connectivity index (χ4v) is 4.11. The molecule has 1 N–H and O–H groups in total. The molecule has 0 bridgehead atoms. The lowest BCUT2D eigenvalue weighted by molar-refractivity contribution is -0.142. The van der Waals surface area contributed by atoms with Crippen molar-refractivity contribution in [3.8, 4) is 0 Å². The van der Waals surface area contributed by atoms with Crippen LogP contribution in [0.15, 0.2) is 29.2 Å². The second-order valence-electron chi connectivity index (χ2n) is 4.99. The standard InChI is InChI=1S/C13H14F3NO4S/c14-13(15,16)9-4-3-5-10(8-9)22(20,21)17-7-2-1-6-11(17)12(18)19/h3-5,8,11H,1-2,6-7H2,(H,18,19)/t11-/m0/s1. The molecule has 0 amide bonds. The molecule has 1 heterocycles. The zero-order chi connectivity index (χ0) is 16.5. The van der Waals surface area contributed by atoms with Crippen LogP contribution in [0.2, 0.25) is 0 Å². The van der Waals surface area contributed by atoms with Crippen LogP contribution in [0.4, 0.5) is 13.2 Å². The number of rotatable bonds is 3. The molecule has 1 aliphatic rings. The Labute approximate surface area is 125 Å². The molecule has 0 aromatic heterocycles. The SMILES string of the molecule is O=C(O)[C@@H]1CCCCN1S(=O)(=O)c1cccc(C(F)(F)F)c1. The van der Waals surface area contributed by atoms with Crippen molar-refractivity contribution in [2.45, 2.75) is 36.4 Å². The highest BCUT2D eigenvalue weighted by molar-refractivity contribution is 7.89. The zero-order valence-electron chi connectivity index (χ0n) is 11.4. The Balaban J connectivity index is 2.43. The normalized spacial score (nSPS) is 20.8. The third kappa shape index (κ3) is 3.25. The van der Waals surface area contributed by atoms with E-state index >= 15 is 0 Å². The predicted octanol–water partition coefficient (Wildman–Crippen LogP) is 2.33. The van der Waals surface area contributed by atoms with Crippen molar-refractivity contribution in [3.63, 3.8) is 0 Å². The highest BCUT2D eigenvalue weighted by Crippen LogP contribution is 2.32. The van der Waals surface area contributed by atoms with E-state index in [1.54, 1.807) is 0 Å². The second-order valence-corrected chi connectivity index (χ2v) is 6.88. The number of alkyl halides is 3. The molecule has 0 unspecified atom stereocenters.